The summed E-state index contributed by atoms with van der Waals surface area (Å²) in [7, 11) is 1.50. The number of nitrogens with zero attached hydrogens (tertiary/aromatic N) is 1. The van der Waals surface area contributed by atoms with Crippen molar-refractivity contribution < 1.29 is 14.1 Å². The molecule has 1 N–H and O–H groups in total. The number of nitro groups is 1. The number of halogens is 1. The first-order chi connectivity index (χ1) is 12.1. The zero-order valence-corrected chi connectivity index (χ0v) is 13.6. The lowest BCUT2D eigenvalue weighted by Gasteiger charge is -2.38. The van der Waals surface area contributed by atoms with E-state index in [9.17, 15) is 14.5 Å². The van der Waals surface area contributed by atoms with Crippen molar-refractivity contribution in [3.63, 3.8) is 0 Å². The summed E-state index contributed by atoms with van der Waals surface area (Å²) in [4.78, 5) is 10.8. The Balaban J connectivity index is 1.84. The molecule has 0 saturated heterocycles. The van der Waals surface area contributed by atoms with Crippen molar-refractivity contribution in [2.75, 3.05) is 12.4 Å². The number of fused-ring (bicyclic) bond motifs is 3. The minimum Gasteiger partial charge on any atom is -0.494 e. The van der Waals surface area contributed by atoms with Crippen LogP contribution >= 0.6 is 0 Å². The van der Waals surface area contributed by atoms with Crippen molar-refractivity contribution in [2.45, 2.75) is 18.4 Å². The topological polar surface area (TPSA) is 64.4 Å². The van der Waals surface area contributed by atoms with Gasteiger partial charge in [0.25, 0.3) is 5.69 Å². The zero-order chi connectivity index (χ0) is 17.6. The van der Waals surface area contributed by atoms with Crippen LogP contribution in [0.5, 0.6) is 5.75 Å². The summed E-state index contributed by atoms with van der Waals surface area (Å²) in [6.45, 7) is 0. The highest BCUT2D eigenvalue weighted by Gasteiger charge is 2.40. The van der Waals surface area contributed by atoms with Crippen LogP contribution in [-0.4, -0.2) is 12.0 Å². The predicted molar refractivity (Wildman–Crippen MR) is 92.4 cm³/mol. The number of allylic oxidation sites excluding steroid dienone is 2. The van der Waals surface area contributed by atoms with Crippen molar-refractivity contribution in [3.8, 4) is 5.75 Å². The van der Waals surface area contributed by atoms with Gasteiger partial charge in [-0.25, -0.2) is 4.39 Å². The van der Waals surface area contributed by atoms with Crippen molar-refractivity contribution in [1.29, 1.82) is 0 Å². The van der Waals surface area contributed by atoms with E-state index in [1.165, 1.54) is 25.3 Å². The Labute approximate surface area is 144 Å². The molecule has 2 aliphatic rings. The van der Waals surface area contributed by atoms with Crippen LogP contribution in [0.4, 0.5) is 15.8 Å². The summed E-state index contributed by atoms with van der Waals surface area (Å²) in [5.74, 6) is 0.481. The van der Waals surface area contributed by atoms with Gasteiger partial charge in [0.05, 0.1) is 29.8 Å². The molecular formula is C19H17FN2O3. The third-order valence-electron chi connectivity index (χ3n) is 5.08. The molecule has 0 unspecified atom stereocenters. The molecule has 1 aliphatic carbocycles. The van der Waals surface area contributed by atoms with Gasteiger partial charge in [-0.2, -0.15) is 0 Å². The number of hydrogen-bond acceptors (Lipinski definition) is 4. The van der Waals surface area contributed by atoms with Crippen molar-refractivity contribution in [1.82, 2.24) is 0 Å². The first-order valence-corrected chi connectivity index (χ1v) is 8.13. The highest BCUT2D eigenvalue weighted by Crippen LogP contribution is 2.53. The number of non-ortho nitro benzene ring substituents is 1. The van der Waals surface area contributed by atoms with Gasteiger partial charge in [-0.15, -0.1) is 0 Å². The fraction of sp³-hybridized carbons (Fsp3) is 0.263. The monoisotopic (exact) mass is 340 g/mol. The van der Waals surface area contributed by atoms with E-state index in [-0.39, 0.29) is 29.4 Å². The number of rotatable bonds is 3. The van der Waals surface area contributed by atoms with Crippen LogP contribution < -0.4 is 10.1 Å². The fourth-order valence-electron chi connectivity index (χ4n) is 3.92. The Hall–Kier alpha value is -2.89. The molecule has 1 aliphatic heterocycles. The number of nitrogens with one attached hydrogen (secondary N) is 1. The predicted octanol–water partition coefficient (Wildman–Crippen LogP) is 4.57. The molecule has 5 nitrogen and oxygen atoms in total. The van der Waals surface area contributed by atoms with E-state index in [4.69, 9.17) is 4.74 Å². The molecule has 0 saturated carbocycles. The Kier molecular flexibility index (Phi) is 3.67. The lowest BCUT2D eigenvalue weighted by Crippen LogP contribution is -2.29. The standard InChI is InChI=1S/C19H17FN2O3/c1-25-17-10-13(22(23)24)9-16-14-3-2-4-15(14)18(21-19(16)17)11-5-7-12(20)8-6-11/h2-3,5-10,14-15,18,21H,4H2,1H3/t14-,15+,18+/m0/s1. The molecule has 0 amide bonds. The maximum absolute atomic E-state index is 13.3. The highest BCUT2D eigenvalue weighted by molar-refractivity contribution is 5.71. The minimum atomic E-state index is -0.400. The molecular weight excluding hydrogens is 323 g/mol. The van der Waals surface area contributed by atoms with Gasteiger partial charge in [0, 0.05) is 12.0 Å². The smallest absolute Gasteiger partial charge is 0.273 e. The normalized spacial score (nSPS) is 23.5. The van der Waals surface area contributed by atoms with Gasteiger partial charge in [-0.1, -0.05) is 24.3 Å². The van der Waals surface area contributed by atoms with Crippen LogP contribution in [0.1, 0.15) is 29.5 Å². The number of anilines is 1. The molecule has 4 rings (SSSR count). The number of hydrogen-bond donors (Lipinski definition) is 1. The van der Waals surface area contributed by atoms with E-state index in [0.29, 0.717) is 5.75 Å². The summed E-state index contributed by atoms with van der Waals surface area (Å²) in [5, 5.41) is 14.7. The molecule has 0 bridgehead atoms. The quantitative estimate of drug-likeness (QED) is 0.505. The van der Waals surface area contributed by atoms with E-state index < -0.39 is 4.92 Å². The maximum atomic E-state index is 13.3. The van der Waals surface area contributed by atoms with Crippen LogP contribution in [0.3, 0.4) is 0 Å². The van der Waals surface area contributed by atoms with Crippen LogP contribution in [0.2, 0.25) is 0 Å². The van der Waals surface area contributed by atoms with Crippen LogP contribution in [0.15, 0.2) is 48.6 Å². The van der Waals surface area contributed by atoms with Crippen LogP contribution in [-0.2, 0) is 0 Å². The number of methoxy groups -OCH3 is 1. The first-order valence-electron chi connectivity index (χ1n) is 8.13. The Bertz CT molecular complexity index is 864. The second-order valence-corrected chi connectivity index (χ2v) is 6.40. The third kappa shape index (κ3) is 2.54. The second kappa shape index (κ2) is 5.88. The maximum Gasteiger partial charge on any atom is 0.273 e. The largest absolute Gasteiger partial charge is 0.494 e. The van der Waals surface area contributed by atoms with E-state index in [2.05, 4.69) is 17.5 Å². The molecule has 2 aromatic carbocycles. The summed E-state index contributed by atoms with van der Waals surface area (Å²) in [6, 6.07) is 9.53. The molecule has 0 spiro atoms. The highest BCUT2D eigenvalue weighted by atomic mass is 19.1. The van der Waals surface area contributed by atoms with Gasteiger partial charge >= 0.3 is 0 Å². The second-order valence-electron chi connectivity index (χ2n) is 6.40. The van der Waals surface area contributed by atoms with E-state index in [1.807, 2.05) is 0 Å². The van der Waals surface area contributed by atoms with E-state index in [1.54, 1.807) is 18.2 Å². The molecule has 1 heterocycles. The van der Waals surface area contributed by atoms with Gasteiger partial charge in [0.15, 0.2) is 0 Å². The molecule has 0 radical (unpaired) electrons. The Morgan fingerprint density at radius 3 is 2.72 bits per heavy atom. The van der Waals surface area contributed by atoms with Gasteiger partial charge in [0.2, 0.25) is 0 Å². The summed E-state index contributed by atoms with van der Waals surface area (Å²) >= 11 is 0. The number of benzene rings is 2. The number of nitro benzene ring substituents is 1. The lowest BCUT2D eigenvalue weighted by molar-refractivity contribution is -0.385. The summed E-state index contributed by atoms with van der Waals surface area (Å²) < 4.78 is 18.7. The van der Waals surface area contributed by atoms with Crippen molar-refractivity contribution in [3.05, 3.63) is 75.6 Å². The lowest BCUT2D eigenvalue weighted by atomic mass is 9.76. The Morgan fingerprint density at radius 2 is 2.04 bits per heavy atom. The molecule has 6 heteroatoms. The van der Waals surface area contributed by atoms with Gasteiger partial charge in [0.1, 0.15) is 11.6 Å². The summed E-state index contributed by atoms with van der Waals surface area (Å²) in [5.41, 5.74) is 2.67. The molecule has 2 aromatic rings. The first kappa shape index (κ1) is 15.6. The molecule has 0 fully saturated rings. The minimum absolute atomic E-state index is 0.0107. The SMILES string of the molecule is COc1cc([N+](=O)[O-])cc2c1N[C@H](c1ccc(F)cc1)[C@@H]1CC=C[C@H]21. The van der Waals surface area contributed by atoms with Crippen molar-refractivity contribution >= 4 is 11.4 Å². The number of ether oxygens (including phenoxy) is 1. The van der Waals surface area contributed by atoms with Gasteiger partial charge in [-0.05, 0) is 35.6 Å². The van der Waals surface area contributed by atoms with Crippen LogP contribution in [0, 0.1) is 21.8 Å². The molecule has 128 valence electrons. The van der Waals surface area contributed by atoms with Gasteiger partial charge < -0.3 is 10.1 Å². The summed E-state index contributed by atoms with van der Waals surface area (Å²) in [6.07, 6.45) is 5.07. The van der Waals surface area contributed by atoms with Crippen molar-refractivity contribution in [2.24, 2.45) is 5.92 Å². The van der Waals surface area contributed by atoms with E-state index >= 15 is 0 Å². The third-order valence-corrected chi connectivity index (χ3v) is 5.08. The fourth-order valence-corrected chi connectivity index (χ4v) is 3.92. The zero-order valence-electron chi connectivity index (χ0n) is 13.6. The average molecular weight is 340 g/mol. The van der Waals surface area contributed by atoms with Gasteiger partial charge in [-0.3, -0.25) is 10.1 Å². The average Bonchev–Trinajstić information content (AvgIpc) is 3.10. The molecule has 25 heavy (non-hydrogen) atoms. The van der Waals surface area contributed by atoms with Crippen LogP contribution in [0.25, 0.3) is 0 Å². The van der Waals surface area contributed by atoms with E-state index in [0.717, 1.165) is 23.2 Å². The molecule has 3 atom stereocenters. The molecule has 0 aromatic heterocycles. The Morgan fingerprint density at radius 1 is 1.28 bits per heavy atom.